The molecular weight excluding hydrogens is 266 g/mol. The van der Waals surface area contributed by atoms with E-state index in [1.165, 1.54) is 0 Å². The summed E-state index contributed by atoms with van der Waals surface area (Å²) in [5.41, 5.74) is 3.10. The van der Waals surface area contributed by atoms with E-state index in [1.807, 2.05) is 37.3 Å². The van der Waals surface area contributed by atoms with Crippen LogP contribution in [0.1, 0.15) is 5.56 Å². The van der Waals surface area contributed by atoms with Gasteiger partial charge >= 0.3 is 0 Å². The largest absolute Gasteiger partial charge is 0.333 e. The number of aromatic nitrogens is 3. The molecule has 2 heterocycles. The van der Waals surface area contributed by atoms with Gasteiger partial charge in [-0.15, -0.1) is 0 Å². The summed E-state index contributed by atoms with van der Waals surface area (Å²) in [7, 11) is 0. The van der Waals surface area contributed by atoms with Crippen molar-refractivity contribution in [2.24, 2.45) is 0 Å². The third kappa shape index (κ3) is 2.21. The van der Waals surface area contributed by atoms with E-state index in [2.05, 4.69) is 15.0 Å². The third-order valence-corrected chi connectivity index (χ3v) is 3.85. The zero-order valence-corrected chi connectivity index (χ0v) is 11.2. The summed E-state index contributed by atoms with van der Waals surface area (Å²) in [5, 5.41) is 1.36. The average Bonchev–Trinajstić information content (AvgIpc) is 2.76. The second-order valence-corrected chi connectivity index (χ2v) is 5.35. The Hall–Kier alpha value is -1.52. The van der Waals surface area contributed by atoms with E-state index in [0.29, 0.717) is 5.15 Å². The van der Waals surface area contributed by atoms with E-state index in [-0.39, 0.29) is 0 Å². The van der Waals surface area contributed by atoms with Crippen LogP contribution in [-0.4, -0.2) is 15.0 Å². The summed E-state index contributed by atoms with van der Waals surface area (Å²) in [5.74, 6) is 0. The second-order valence-electron chi connectivity index (χ2n) is 3.93. The number of aryl methyl sites for hydroxylation is 1. The number of pyridine rings is 1. The number of halogens is 1. The molecule has 2 aromatic heterocycles. The molecule has 0 spiro atoms. The average molecular weight is 276 g/mol. The van der Waals surface area contributed by atoms with Gasteiger partial charge in [-0.25, -0.2) is 9.97 Å². The fourth-order valence-corrected chi connectivity index (χ4v) is 2.79. The third-order valence-electron chi connectivity index (χ3n) is 2.59. The van der Waals surface area contributed by atoms with Gasteiger partial charge in [-0.1, -0.05) is 35.5 Å². The van der Waals surface area contributed by atoms with E-state index in [1.54, 1.807) is 18.0 Å². The summed E-state index contributed by atoms with van der Waals surface area (Å²) in [6.45, 7) is 2.01. The lowest BCUT2D eigenvalue weighted by Crippen LogP contribution is -1.84. The van der Waals surface area contributed by atoms with Gasteiger partial charge in [0, 0.05) is 11.1 Å². The van der Waals surface area contributed by atoms with Crippen molar-refractivity contribution in [2.45, 2.75) is 17.0 Å². The van der Waals surface area contributed by atoms with Gasteiger partial charge in [0.1, 0.15) is 5.15 Å². The molecule has 0 aliphatic rings. The van der Waals surface area contributed by atoms with E-state index in [9.17, 15) is 0 Å². The lowest BCUT2D eigenvalue weighted by Gasteiger charge is -2.02. The summed E-state index contributed by atoms with van der Waals surface area (Å²) < 4.78 is 0. The van der Waals surface area contributed by atoms with Gasteiger partial charge in [0.2, 0.25) is 0 Å². The molecule has 90 valence electrons. The molecule has 0 saturated carbocycles. The Bertz CT molecular complexity index is 675. The molecule has 0 amide bonds. The number of para-hydroxylation sites is 2. The molecule has 0 aliphatic carbocycles. The van der Waals surface area contributed by atoms with Crippen molar-refractivity contribution in [1.29, 1.82) is 0 Å². The van der Waals surface area contributed by atoms with Gasteiger partial charge in [-0.2, -0.15) is 0 Å². The molecule has 0 saturated heterocycles. The van der Waals surface area contributed by atoms with Crippen LogP contribution in [0.3, 0.4) is 0 Å². The van der Waals surface area contributed by atoms with Gasteiger partial charge < -0.3 is 4.98 Å². The van der Waals surface area contributed by atoms with E-state index in [4.69, 9.17) is 11.6 Å². The quantitative estimate of drug-likeness (QED) is 0.717. The van der Waals surface area contributed by atoms with E-state index < -0.39 is 0 Å². The fourth-order valence-electron chi connectivity index (χ4n) is 1.67. The minimum absolute atomic E-state index is 0.499. The molecular formula is C13H10ClN3S. The van der Waals surface area contributed by atoms with Gasteiger partial charge in [0.15, 0.2) is 5.16 Å². The zero-order chi connectivity index (χ0) is 12.5. The first-order valence-electron chi connectivity index (χ1n) is 5.47. The highest BCUT2D eigenvalue weighted by molar-refractivity contribution is 7.99. The number of aromatic amines is 1. The Morgan fingerprint density at radius 3 is 2.94 bits per heavy atom. The summed E-state index contributed by atoms with van der Waals surface area (Å²) in [6.07, 6.45) is 1.77. The van der Waals surface area contributed by atoms with Crippen LogP contribution in [0.5, 0.6) is 0 Å². The van der Waals surface area contributed by atoms with Gasteiger partial charge in [0.05, 0.1) is 11.0 Å². The molecule has 0 radical (unpaired) electrons. The Morgan fingerprint density at radius 1 is 1.28 bits per heavy atom. The number of hydrogen-bond donors (Lipinski definition) is 1. The molecule has 1 aromatic carbocycles. The fraction of sp³-hybridized carbons (Fsp3) is 0.0769. The number of nitrogens with one attached hydrogen (secondary N) is 1. The number of H-pyrrole nitrogens is 1. The highest BCUT2D eigenvalue weighted by Gasteiger charge is 2.07. The molecule has 1 N–H and O–H groups in total. The first kappa shape index (κ1) is 11.6. The first-order valence-corrected chi connectivity index (χ1v) is 6.66. The normalized spacial score (nSPS) is 11.0. The summed E-state index contributed by atoms with van der Waals surface area (Å²) >= 11 is 7.47. The van der Waals surface area contributed by atoms with Gasteiger partial charge in [0.25, 0.3) is 0 Å². The predicted molar refractivity (Wildman–Crippen MR) is 74.2 cm³/mol. The molecule has 3 rings (SSSR count). The van der Waals surface area contributed by atoms with E-state index >= 15 is 0 Å². The zero-order valence-electron chi connectivity index (χ0n) is 9.64. The molecule has 3 aromatic rings. The summed E-state index contributed by atoms with van der Waals surface area (Å²) in [4.78, 5) is 12.9. The SMILES string of the molecule is Cc1cnc(Cl)cc1Sc1nc2ccccc2[nH]1. The monoisotopic (exact) mass is 275 g/mol. The van der Waals surface area contributed by atoms with Crippen molar-refractivity contribution < 1.29 is 0 Å². The maximum absolute atomic E-state index is 5.91. The predicted octanol–water partition coefficient (Wildman–Crippen LogP) is 4.07. The lowest BCUT2D eigenvalue weighted by atomic mass is 10.3. The molecule has 0 bridgehead atoms. The number of nitrogens with zero attached hydrogens (tertiary/aromatic N) is 2. The van der Waals surface area contributed by atoms with Crippen LogP contribution in [0.2, 0.25) is 5.15 Å². The van der Waals surface area contributed by atoms with Crippen LogP contribution in [0.15, 0.2) is 46.6 Å². The molecule has 0 aliphatic heterocycles. The highest BCUT2D eigenvalue weighted by Crippen LogP contribution is 2.30. The minimum Gasteiger partial charge on any atom is -0.333 e. The first-order chi connectivity index (χ1) is 8.72. The van der Waals surface area contributed by atoms with Crippen molar-refractivity contribution in [3.63, 3.8) is 0 Å². The minimum atomic E-state index is 0.499. The van der Waals surface area contributed by atoms with Crippen molar-refractivity contribution in [3.05, 3.63) is 47.2 Å². The number of benzene rings is 1. The Balaban J connectivity index is 1.98. The van der Waals surface area contributed by atoms with Gasteiger partial charge in [-0.05, 0) is 30.7 Å². The Labute approximate surface area is 114 Å². The number of fused-ring (bicyclic) bond motifs is 1. The Kier molecular flexibility index (Phi) is 2.97. The Morgan fingerprint density at radius 2 is 2.11 bits per heavy atom. The van der Waals surface area contributed by atoms with Crippen molar-refractivity contribution in [2.75, 3.05) is 0 Å². The molecule has 5 heteroatoms. The topological polar surface area (TPSA) is 41.6 Å². The van der Waals surface area contributed by atoms with Crippen LogP contribution < -0.4 is 0 Å². The number of hydrogen-bond acceptors (Lipinski definition) is 3. The van der Waals surface area contributed by atoms with Crippen molar-refractivity contribution in [1.82, 2.24) is 15.0 Å². The van der Waals surface area contributed by atoms with Crippen LogP contribution >= 0.6 is 23.4 Å². The maximum atomic E-state index is 5.91. The van der Waals surface area contributed by atoms with Crippen LogP contribution in [0, 0.1) is 6.92 Å². The van der Waals surface area contributed by atoms with Crippen molar-refractivity contribution >= 4 is 34.4 Å². The molecule has 0 atom stereocenters. The molecule has 0 unspecified atom stereocenters. The van der Waals surface area contributed by atoms with Crippen molar-refractivity contribution in [3.8, 4) is 0 Å². The number of imidazole rings is 1. The van der Waals surface area contributed by atoms with Crippen LogP contribution in [0.4, 0.5) is 0 Å². The highest BCUT2D eigenvalue weighted by atomic mass is 35.5. The van der Waals surface area contributed by atoms with Gasteiger partial charge in [-0.3, -0.25) is 0 Å². The molecule has 18 heavy (non-hydrogen) atoms. The maximum Gasteiger partial charge on any atom is 0.171 e. The molecule has 0 fully saturated rings. The standard InChI is InChI=1S/C13H10ClN3S/c1-8-7-15-12(14)6-11(8)18-13-16-9-4-2-3-5-10(9)17-13/h2-7H,1H3,(H,16,17). The summed E-state index contributed by atoms with van der Waals surface area (Å²) in [6, 6.07) is 9.82. The van der Waals surface area contributed by atoms with E-state index in [0.717, 1.165) is 26.6 Å². The number of rotatable bonds is 2. The second kappa shape index (κ2) is 4.63. The lowest BCUT2D eigenvalue weighted by molar-refractivity contribution is 1.07. The van der Waals surface area contributed by atoms with Crippen LogP contribution in [0.25, 0.3) is 11.0 Å². The molecule has 3 nitrogen and oxygen atoms in total. The van der Waals surface area contributed by atoms with Crippen LogP contribution in [-0.2, 0) is 0 Å². The smallest absolute Gasteiger partial charge is 0.171 e.